The van der Waals surface area contributed by atoms with Crippen LogP contribution in [-0.2, 0) is 28.5 Å². The molecule has 8 heteroatoms. The molecule has 0 aliphatic carbocycles. The van der Waals surface area contributed by atoms with Crippen LogP contribution in [0.25, 0.3) is 0 Å². The van der Waals surface area contributed by atoms with Gasteiger partial charge in [0, 0.05) is 0 Å². The molecule has 1 N–H and O–H groups in total. The van der Waals surface area contributed by atoms with Crippen molar-refractivity contribution in [1.29, 1.82) is 0 Å². The summed E-state index contributed by atoms with van der Waals surface area (Å²) >= 11 is 0. The molecule has 1 amide bonds. The highest BCUT2D eigenvalue weighted by Gasteiger charge is 2.55. The summed E-state index contributed by atoms with van der Waals surface area (Å²) in [6.45, 7) is 5.46. The first-order valence-corrected chi connectivity index (χ1v) is 6.87. The minimum Gasteiger partial charge on any atom is -0.469 e. The van der Waals surface area contributed by atoms with E-state index in [0.717, 1.165) is 0 Å². The summed E-state index contributed by atoms with van der Waals surface area (Å²) in [6.07, 6.45) is -2.32. The van der Waals surface area contributed by atoms with E-state index in [0.29, 0.717) is 0 Å². The van der Waals surface area contributed by atoms with Crippen LogP contribution < -0.4 is 5.32 Å². The molecule has 1 unspecified atom stereocenters. The van der Waals surface area contributed by atoms with Gasteiger partial charge < -0.3 is 29.0 Å². The molecular formula is C13H21NO7. The van der Waals surface area contributed by atoms with Crippen molar-refractivity contribution in [3.63, 3.8) is 0 Å². The Morgan fingerprint density at radius 1 is 1.29 bits per heavy atom. The third-order valence-electron chi connectivity index (χ3n) is 3.31. The second kappa shape index (κ2) is 6.17. The molecule has 4 atom stereocenters. The highest BCUT2D eigenvalue weighted by Crippen LogP contribution is 2.38. The third kappa shape index (κ3) is 3.63. The molecular weight excluding hydrogens is 282 g/mol. The first-order valence-electron chi connectivity index (χ1n) is 6.87. The van der Waals surface area contributed by atoms with E-state index in [9.17, 15) is 9.59 Å². The van der Waals surface area contributed by atoms with Crippen molar-refractivity contribution in [2.24, 2.45) is 0 Å². The number of esters is 1. The van der Waals surface area contributed by atoms with Gasteiger partial charge in [-0.3, -0.25) is 4.79 Å². The Bertz CT molecular complexity index is 411. The van der Waals surface area contributed by atoms with Crippen LogP contribution in [0.2, 0.25) is 0 Å². The molecule has 2 aliphatic rings. The normalized spacial score (nSPS) is 33.3. The number of fused-ring (bicyclic) bond motifs is 1. The Labute approximate surface area is 123 Å². The molecule has 0 radical (unpaired) electrons. The topological polar surface area (TPSA) is 92.3 Å². The lowest BCUT2D eigenvalue weighted by atomic mass is 10.1. The number of amides is 1. The van der Waals surface area contributed by atoms with Crippen LogP contribution >= 0.6 is 0 Å². The van der Waals surface area contributed by atoms with Gasteiger partial charge >= 0.3 is 12.1 Å². The maximum absolute atomic E-state index is 11.6. The van der Waals surface area contributed by atoms with Gasteiger partial charge in [-0.2, -0.15) is 0 Å². The van der Waals surface area contributed by atoms with Gasteiger partial charge in [-0.15, -0.1) is 0 Å². The number of hydrogen-bond donors (Lipinski definition) is 1. The fourth-order valence-electron chi connectivity index (χ4n) is 2.48. The van der Waals surface area contributed by atoms with Crippen molar-refractivity contribution in [2.75, 3.05) is 13.7 Å². The Morgan fingerprint density at radius 2 is 2.00 bits per heavy atom. The number of methoxy groups -OCH3 is 1. The summed E-state index contributed by atoms with van der Waals surface area (Å²) in [5, 5.41) is 2.67. The molecule has 2 fully saturated rings. The number of hydrogen-bond acceptors (Lipinski definition) is 7. The zero-order valence-electron chi connectivity index (χ0n) is 12.6. The predicted molar refractivity (Wildman–Crippen MR) is 69.3 cm³/mol. The molecule has 0 bridgehead atoms. The van der Waals surface area contributed by atoms with Gasteiger partial charge in [-0.05, 0) is 20.8 Å². The summed E-state index contributed by atoms with van der Waals surface area (Å²) in [5.41, 5.74) is 0. The molecule has 2 aliphatic heterocycles. The minimum absolute atomic E-state index is 0.00623. The quantitative estimate of drug-likeness (QED) is 0.758. The highest BCUT2D eigenvalue weighted by molar-refractivity contribution is 5.71. The summed E-state index contributed by atoms with van der Waals surface area (Å²) < 4.78 is 26.5. The molecule has 8 nitrogen and oxygen atoms in total. The van der Waals surface area contributed by atoms with E-state index in [-0.39, 0.29) is 13.0 Å². The minimum atomic E-state index is -0.805. The van der Waals surface area contributed by atoms with Crippen LogP contribution in [0.3, 0.4) is 0 Å². The molecule has 2 heterocycles. The fourth-order valence-corrected chi connectivity index (χ4v) is 2.48. The lowest BCUT2D eigenvalue weighted by Gasteiger charge is -2.25. The summed E-state index contributed by atoms with van der Waals surface area (Å²) in [4.78, 5) is 23.1. The van der Waals surface area contributed by atoms with E-state index in [1.54, 1.807) is 20.8 Å². The van der Waals surface area contributed by atoms with Crippen LogP contribution in [0.15, 0.2) is 0 Å². The van der Waals surface area contributed by atoms with Gasteiger partial charge in [0.25, 0.3) is 0 Å². The zero-order valence-corrected chi connectivity index (χ0v) is 12.6. The molecule has 0 aromatic heterocycles. The van der Waals surface area contributed by atoms with Crippen LogP contribution in [-0.4, -0.2) is 56.1 Å². The monoisotopic (exact) mass is 303 g/mol. The number of ether oxygens (including phenoxy) is 5. The average molecular weight is 303 g/mol. The molecule has 2 rings (SSSR count). The van der Waals surface area contributed by atoms with Gasteiger partial charge in [-0.25, -0.2) is 4.79 Å². The van der Waals surface area contributed by atoms with E-state index >= 15 is 0 Å². The zero-order chi connectivity index (χ0) is 15.6. The number of alkyl carbamates (subject to hydrolysis) is 1. The van der Waals surface area contributed by atoms with Crippen LogP contribution in [0.1, 0.15) is 27.2 Å². The van der Waals surface area contributed by atoms with E-state index in [4.69, 9.17) is 18.9 Å². The molecule has 0 spiro atoms. The SMILES string of the molecule is CCOC(=O)N[C@@H]1C(CC(=O)OC)O[C@H]2OC(C)(C)O[C@H]21. The van der Waals surface area contributed by atoms with Crippen molar-refractivity contribution >= 4 is 12.1 Å². The smallest absolute Gasteiger partial charge is 0.407 e. The summed E-state index contributed by atoms with van der Waals surface area (Å²) in [7, 11) is 1.29. The number of nitrogens with one attached hydrogen (secondary N) is 1. The van der Waals surface area contributed by atoms with Crippen molar-refractivity contribution in [1.82, 2.24) is 5.32 Å². The average Bonchev–Trinajstić information content (AvgIpc) is 2.83. The van der Waals surface area contributed by atoms with Gasteiger partial charge in [0.1, 0.15) is 6.10 Å². The third-order valence-corrected chi connectivity index (χ3v) is 3.31. The molecule has 0 aromatic rings. The van der Waals surface area contributed by atoms with Crippen molar-refractivity contribution < 1.29 is 33.3 Å². The number of carbonyl (C=O) groups is 2. The van der Waals surface area contributed by atoms with Crippen molar-refractivity contribution in [3.8, 4) is 0 Å². The van der Waals surface area contributed by atoms with Gasteiger partial charge in [0.05, 0.1) is 32.3 Å². The standard InChI is InChI=1S/C13H21NO7/c1-5-18-12(16)14-9-7(6-8(15)17-4)19-11-10(9)20-13(2,3)21-11/h7,9-11H,5-6H2,1-4H3,(H,14,16)/t7?,9-,10+,11+/m1/s1. The molecule has 120 valence electrons. The maximum atomic E-state index is 11.6. The lowest BCUT2D eigenvalue weighted by molar-refractivity contribution is -0.208. The first kappa shape index (κ1) is 16.0. The first-order chi connectivity index (χ1) is 9.86. The molecule has 2 saturated heterocycles. The van der Waals surface area contributed by atoms with Crippen LogP contribution in [0, 0.1) is 0 Å². The van der Waals surface area contributed by atoms with E-state index in [2.05, 4.69) is 10.1 Å². The molecule has 21 heavy (non-hydrogen) atoms. The van der Waals surface area contributed by atoms with E-state index in [1.165, 1.54) is 7.11 Å². The Hall–Kier alpha value is -1.38. The fraction of sp³-hybridized carbons (Fsp3) is 0.846. The number of rotatable bonds is 4. The van der Waals surface area contributed by atoms with Gasteiger partial charge in [0.2, 0.25) is 0 Å². The maximum Gasteiger partial charge on any atom is 0.407 e. The van der Waals surface area contributed by atoms with E-state index in [1.807, 2.05) is 0 Å². The van der Waals surface area contributed by atoms with Gasteiger partial charge in [0.15, 0.2) is 12.1 Å². The summed E-state index contributed by atoms with van der Waals surface area (Å²) in [5.74, 6) is -1.24. The van der Waals surface area contributed by atoms with Crippen LogP contribution in [0.4, 0.5) is 4.79 Å². The van der Waals surface area contributed by atoms with Gasteiger partial charge in [-0.1, -0.05) is 0 Å². The largest absolute Gasteiger partial charge is 0.469 e. The Balaban J connectivity index is 2.07. The lowest BCUT2D eigenvalue weighted by Crippen LogP contribution is -2.49. The van der Waals surface area contributed by atoms with Crippen LogP contribution in [0.5, 0.6) is 0 Å². The van der Waals surface area contributed by atoms with Crippen molar-refractivity contribution in [2.45, 2.75) is 57.5 Å². The summed E-state index contributed by atoms with van der Waals surface area (Å²) in [6, 6.07) is -0.546. The Kier molecular flexibility index (Phi) is 4.70. The van der Waals surface area contributed by atoms with E-state index < -0.39 is 42.4 Å². The second-order valence-electron chi connectivity index (χ2n) is 5.31. The number of carbonyl (C=O) groups excluding carboxylic acids is 2. The second-order valence-corrected chi connectivity index (χ2v) is 5.31. The van der Waals surface area contributed by atoms with Crippen molar-refractivity contribution in [3.05, 3.63) is 0 Å². The molecule has 0 aromatic carbocycles. The Morgan fingerprint density at radius 3 is 2.62 bits per heavy atom. The highest BCUT2D eigenvalue weighted by atomic mass is 16.8. The molecule has 0 saturated carbocycles. The predicted octanol–water partition coefficient (Wildman–Crippen LogP) is 0.541.